The Balaban J connectivity index is 2.35. The van der Waals surface area contributed by atoms with Crippen LogP contribution < -0.4 is 0 Å². The van der Waals surface area contributed by atoms with E-state index in [9.17, 15) is 10.1 Å². The van der Waals surface area contributed by atoms with Crippen molar-refractivity contribution in [3.63, 3.8) is 0 Å². The molecule has 0 radical (unpaired) electrons. The molecule has 0 heterocycles. The fourth-order valence-electron chi connectivity index (χ4n) is 3.41. The van der Waals surface area contributed by atoms with Crippen LogP contribution in [0.5, 0.6) is 0 Å². The molecular weight excluding hydrogens is 234 g/mol. The van der Waals surface area contributed by atoms with Crippen molar-refractivity contribution >= 4 is 6.29 Å². The van der Waals surface area contributed by atoms with Crippen LogP contribution in [0.3, 0.4) is 0 Å². The number of nitrogens with zero attached hydrogens (tertiary/aromatic N) is 1. The summed E-state index contributed by atoms with van der Waals surface area (Å²) in [6.45, 7) is 0. The van der Waals surface area contributed by atoms with Gasteiger partial charge in [-0.15, -0.1) is 0 Å². The zero-order valence-corrected chi connectivity index (χ0v) is 11.3. The van der Waals surface area contributed by atoms with Gasteiger partial charge in [0.05, 0.1) is 11.5 Å². The first-order valence-electron chi connectivity index (χ1n) is 7.24. The minimum absolute atomic E-state index is 0.397. The van der Waals surface area contributed by atoms with E-state index in [0.717, 1.165) is 24.7 Å². The van der Waals surface area contributed by atoms with Crippen molar-refractivity contribution in [3.8, 4) is 6.07 Å². The normalized spacial score (nSPS) is 19.3. The maximum absolute atomic E-state index is 10.8. The van der Waals surface area contributed by atoms with Crippen LogP contribution in [0.2, 0.25) is 0 Å². The van der Waals surface area contributed by atoms with Gasteiger partial charge in [-0.3, -0.25) is 0 Å². The molecule has 1 fully saturated rings. The monoisotopic (exact) mass is 255 g/mol. The van der Waals surface area contributed by atoms with E-state index in [1.807, 2.05) is 30.3 Å². The van der Waals surface area contributed by atoms with Crippen LogP contribution in [-0.4, -0.2) is 6.29 Å². The highest BCUT2D eigenvalue weighted by Gasteiger charge is 2.40. The topological polar surface area (TPSA) is 40.9 Å². The third-order valence-corrected chi connectivity index (χ3v) is 4.45. The molecule has 1 saturated carbocycles. The molecule has 0 aliphatic heterocycles. The van der Waals surface area contributed by atoms with Gasteiger partial charge in [0.2, 0.25) is 0 Å². The van der Waals surface area contributed by atoms with Crippen molar-refractivity contribution in [2.24, 2.45) is 5.92 Å². The molecule has 1 aliphatic carbocycles. The van der Waals surface area contributed by atoms with Crippen LogP contribution in [0.25, 0.3) is 0 Å². The summed E-state index contributed by atoms with van der Waals surface area (Å²) in [4.78, 5) is 10.8. The first-order valence-corrected chi connectivity index (χ1v) is 7.24. The lowest BCUT2D eigenvalue weighted by molar-refractivity contribution is -0.108. The van der Waals surface area contributed by atoms with Crippen molar-refractivity contribution in [2.75, 3.05) is 0 Å². The molecule has 0 amide bonds. The summed E-state index contributed by atoms with van der Waals surface area (Å²) in [5.74, 6) is 0.397. The number of hydrogen-bond donors (Lipinski definition) is 0. The minimum Gasteiger partial charge on any atom is -0.303 e. The first-order chi connectivity index (χ1) is 9.33. The SMILES string of the molecule is N#CC(CCC=O)(c1ccccc1)C1CCCCC1. The number of rotatable bonds is 5. The third-order valence-electron chi connectivity index (χ3n) is 4.45. The highest BCUT2D eigenvalue weighted by atomic mass is 16.1. The van der Waals surface area contributed by atoms with Gasteiger partial charge in [-0.25, -0.2) is 0 Å². The summed E-state index contributed by atoms with van der Waals surface area (Å²) in [6.07, 6.45) is 7.99. The lowest BCUT2D eigenvalue weighted by atomic mass is 9.64. The Morgan fingerprint density at radius 1 is 1.21 bits per heavy atom. The van der Waals surface area contributed by atoms with E-state index in [2.05, 4.69) is 6.07 Å². The van der Waals surface area contributed by atoms with Crippen LogP contribution in [0.4, 0.5) is 0 Å². The molecule has 2 heteroatoms. The summed E-state index contributed by atoms with van der Waals surface area (Å²) in [5.41, 5.74) is 0.619. The summed E-state index contributed by atoms with van der Waals surface area (Å²) < 4.78 is 0. The van der Waals surface area contributed by atoms with Crippen LogP contribution in [0.1, 0.15) is 50.5 Å². The molecule has 1 unspecified atom stereocenters. The number of carbonyl (C=O) groups excluding carboxylic acids is 1. The van der Waals surface area contributed by atoms with E-state index in [-0.39, 0.29) is 0 Å². The molecule has 0 spiro atoms. The number of nitriles is 1. The van der Waals surface area contributed by atoms with Crippen LogP contribution in [0, 0.1) is 17.2 Å². The van der Waals surface area contributed by atoms with Gasteiger partial charge in [0.25, 0.3) is 0 Å². The summed E-state index contributed by atoms with van der Waals surface area (Å²) in [6, 6.07) is 12.6. The Hall–Kier alpha value is -1.62. The summed E-state index contributed by atoms with van der Waals surface area (Å²) >= 11 is 0. The average molecular weight is 255 g/mol. The van der Waals surface area contributed by atoms with Gasteiger partial charge in [0.15, 0.2) is 0 Å². The zero-order valence-electron chi connectivity index (χ0n) is 11.3. The van der Waals surface area contributed by atoms with E-state index < -0.39 is 5.41 Å². The Morgan fingerprint density at radius 2 is 1.89 bits per heavy atom. The molecular formula is C17H21NO. The highest BCUT2D eigenvalue weighted by molar-refractivity contribution is 5.50. The average Bonchev–Trinajstić information content (AvgIpc) is 2.51. The maximum Gasteiger partial charge on any atom is 0.120 e. The predicted molar refractivity (Wildman–Crippen MR) is 75.6 cm³/mol. The maximum atomic E-state index is 10.8. The lowest BCUT2D eigenvalue weighted by Crippen LogP contribution is -2.35. The van der Waals surface area contributed by atoms with E-state index in [0.29, 0.717) is 18.8 Å². The molecule has 1 aliphatic rings. The number of carbonyl (C=O) groups is 1. The molecule has 0 bridgehead atoms. The van der Waals surface area contributed by atoms with Gasteiger partial charge in [0.1, 0.15) is 6.29 Å². The minimum atomic E-state index is -0.470. The number of hydrogen-bond acceptors (Lipinski definition) is 2. The second-order valence-electron chi connectivity index (χ2n) is 5.49. The van der Waals surface area contributed by atoms with Crippen molar-refractivity contribution in [1.29, 1.82) is 5.26 Å². The second-order valence-corrected chi connectivity index (χ2v) is 5.49. The van der Waals surface area contributed by atoms with Crippen LogP contribution in [-0.2, 0) is 10.2 Å². The molecule has 0 N–H and O–H groups in total. The molecule has 2 nitrogen and oxygen atoms in total. The van der Waals surface area contributed by atoms with E-state index >= 15 is 0 Å². The molecule has 0 aromatic heterocycles. The quantitative estimate of drug-likeness (QED) is 0.746. The smallest absolute Gasteiger partial charge is 0.120 e. The number of aldehydes is 1. The first kappa shape index (κ1) is 13.8. The van der Waals surface area contributed by atoms with E-state index in [4.69, 9.17) is 0 Å². The number of benzene rings is 1. The van der Waals surface area contributed by atoms with Gasteiger partial charge in [-0.05, 0) is 30.7 Å². The lowest BCUT2D eigenvalue weighted by Gasteiger charge is -2.37. The van der Waals surface area contributed by atoms with Crippen molar-refractivity contribution in [1.82, 2.24) is 0 Å². The van der Waals surface area contributed by atoms with E-state index in [1.165, 1.54) is 19.3 Å². The molecule has 1 aromatic rings. The van der Waals surface area contributed by atoms with Crippen LogP contribution >= 0.6 is 0 Å². The fraction of sp³-hybridized carbons (Fsp3) is 0.529. The van der Waals surface area contributed by atoms with Crippen molar-refractivity contribution in [3.05, 3.63) is 35.9 Å². The predicted octanol–water partition coefficient (Wildman–Crippen LogP) is 4.01. The third kappa shape index (κ3) is 2.87. The van der Waals surface area contributed by atoms with Gasteiger partial charge in [-0.2, -0.15) is 5.26 Å². The standard InChI is InChI=1S/C17H21NO/c18-14-17(12-7-13-19,15-8-3-1-4-9-15)16-10-5-2-6-11-16/h1,3-4,8-9,13,16H,2,5-7,10-12H2. The second kappa shape index (κ2) is 6.52. The Bertz CT molecular complexity index is 442. The zero-order chi connectivity index (χ0) is 13.6. The molecule has 0 saturated heterocycles. The molecule has 1 atom stereocenters. The van der Waals surface area contributed by atoms with Crippen molar-refractivity contribution in [2.45, 2.75) is 50.4 Å². The molecule has 2 rings (SSSR count). The highest BCUT2D eigenvalue weighted by Crippen LogP contribution is 2.43. The van der Waals surface area contributed by atoms with Gasteiger partial charge >= 0.3 is 0 Å². The molecule has 1 aromatic carbocycles. The fourth-order valence-corrected chi connectivity index (χ4v) is 3.41. The summed E-state index contributed by atoms with van der Waals surface area (Å²) in [5, 5.41) is 9.84. The Labute approximate surface area is 115 Å². The Morgan fingerprint density at radius 3 is 2.47 bits per heavy atom. The Kier molecular flexibility index (Phi) is 4.74. The van der Waals surface area contributed by atoms with Gasteiger partial charge in [0, 0.05) is 6.42 Å². The van der Waals surface area contributed by atoms with Crippen LogP contribution in [0.15, 0.2) is 30.3 Å². The largest absolute Gasteiger partial charge is 0.303 e. The van der Waals surface area contributed by atoms with E-state index in [1.54, 1.807) is 0 Å². The molecule has 100 valence electrons. The van der Waals surface area contributed by atoms with Gasteiger partial charge in [-0.1, -0.05) is 49.6 Å². The summed E-state index contributed by atoms with van der Waals surface area (Å²) in [7, 11) is 0. The van der Waals surface area contributed by atoms with Gasteiger partial charge < -0.3 is 4.79 Å². The molecule has 19 heavy (non-hydrogen) atoms. The van der Waals surface area contributed by atoms with Crippen molar-refractivity contribution < 1.29 is 4.79 Å².